The number of amides is 1. The molecule has 0 bridgehead atoms. The standard InChI is InChI=1S/C19H20ClN4O2/c20-24-11-8-21-12-17(24)18(22-14-24)16-6-9-23(10-7-16)19(25)26-13-15-4-2-1-3-5-15/h1-5,8,11-12,14,16H,6-7,9-10,13H2/q+1. The third kappa shape index (κ3) is 3.30. The number of quaternary nitrogens is 1. The van der Waals surface area contributed by atoms with Gasteiger partial charge in [-0.05, 0) is 18.4 Å². The average molecular weight is 372 g/mol. The Labute approximate surface area is 157 Å². The van der Waals surface area contributed by atoms with Gasteiger partial charge in [-0.25, -0.2) is 4.79 Å². The molecular weight excluding hydrogens is 352 g/mol. The zero-order valence-corrected chi connectivity index (χ0v) is 15.0. The van der Waals surface area contributed by atoms with Crippen LogP contribution in [0.25, 0.3) is 0 Å². The second-order valence-electron chi connectivity index (χ2n) is 6.58. The van der Waals surface area contributed by atoms with Crippen LogP contribution in [0.4, 0.5) is 4.79 Å². The van der Waals surface area contributed by atoms with Crippen molar-refractivity contribution in [2.75, 3.05) is 13.1 Å². The molecule has 0 aliphatic carbocycles. The Kier molecular flexibility index (Phi) is 4.61. The van der Waals surface area contributed by atoms with Crippen LogP contribution in [0.1, 0.15) is 18.4 Å². The topological polar surface area (TPSA) is 54.3 Å². The minimum absolute atomic E-state index is 0.0537. The molecule has 0 radical (unpaired) electrons. The van der Waals surface area contributed by atoms with Crippen LogP contribution in [-0.4, -0.2) is 40.6 Å². The number of ether oxygens (including phenoxy) is 1. The predicted molar refractivity (Wildman–Crippen MR) is 100 cm³/mol. The van der Waals surface area contributed by atoms with E-state index in [0.717, 1.165) is 29.8 Å². The average Bonchev–Trinajstić information content (AvgIpc) is 3.04. The Morgan fingerprint density at radius 1 is 1.27 bits per heavy atom. The summed E-state index contributed by atoms with van der Waals surface area (Å²) in [5, 5.41) is 0. The van der Waals surface area contributed by atoms with Gasteiger partial charge in [0.05, 0.1) is 12.4 Å². The summed E-state index contributed by atoms with van der Waals surface area (Å²) in [5.74, 6) is 0.274. The maximum atomic E-state index is 12.3. The molecule has 0 N–H and O–H groups in total. The molecule has 1 aromatic rings. The fourth-order valence-corrected chi connectivity index (χ4v) is 3.66. The molecule has 6 nitrogen and oxygen atoms in total. The Morgan fingerprint density at radius 2 is 2.04 bits per heavy atom. The second-order valence-corrected chi connectivity index (χ2v) is 7.14. The van der Waals surface area contributed by atoms with E-state index < -0.39 is 0 Å². The van der Waals surface area contributed by atoms with E-state index in [2.05, 4.69) is 9.98 Å². The van der Waals surface area contributed by atoms with Crippen molar-refractivity contribution in [2.45, 2.75) is 19.4 Å². The first-order valence-electron chi connectivity index (χ1n) is 8.70. The van der Waals surface area contributed by atoms with Crippen LogP contribution in [-0.2, 0) is 11.3 Å². The highest BCUT2D eigenvalue weighted by Gasteiger charge is 2.40. The number of likely N-dealkylation sites (tertiary alicyclic amines) is 1. The van der Waals surface area contributed by atoms with Gasteiger partial charge in [0.1, 0.15) is 18.5 Å². The van der Waals surface area contributed by atoms with Crippen molar-refractivity contribution >= 4 is 30.4 Å². The second kappa shape index (κ2) is 7.05. The summed E-state index contributed by atoms with van der Waals surface area (Å²) in [5.41, 5.74) is 2.87. The van der Waals surface area contributed by atoms with Crippen molar-refractivity contribution in [1.29, 1.82) is 0 Å². The van der Waals surface area contributed by atoms with Crippen LogP contribution in [0.15, 0.2) is 64.1 Å². The SMILES string of the molecule is O=C(OCc1ccccc1)N1CCC(C2=C3C=NC=C[N+]3(Cl)C=N2)CC1. The number of rotatable bonds is 3. The van der Waals surface area contributed by atoms with Crippen LogP contribution < -0.4 is 0 Å². The van der Waals surface area contributed by atoms with Crippen molar-refractivity contribution in [3.63, 3.8) is 0 Å². The number of carbonyl (C=O) groups excluding carboxylic acids is 1. The van der Waals surface area contributed by atoms with E-state index >= 15 is 0 Å². The summed E-state index contributed by atoms with van der Waals surface area (Å²) < 4.78 is 5.47. The number of allylic oxidation sites excluding steroid dienone is 2. The summed E-state index contributed by atoms with van der Waals surface area (Å²) in [4.78, 5) is 22.8. The first-order valence-corrected chi connectivity index (χ1v) is 9.04. The van der Waals surface area contributed by atoms with E-state index in [1.165, 1.54) is 0 Å². The Balaban J connectivity index is 1.34. The molecular formula is C19H20ClN4O2+. The lowest BCUT2D eigenvalue weighted by Crippen LogP contribution is -2.39. The predicted octanol–water partition coefficient (Wildman–Crippen LogP) is 3.81. The molecule has 3 aliphatic heterocycles. The normalized spacial score (nSPS) is 24.9. The number of hydrogen-bond acceptors (Lipinski definition) is 4. The number of halogens is 1. The van der Waals surface area contributed by atoms with E-state index in [-0.39, 0.29) is 16.0 Å². The molecule has 1 atom stereocenters. The number of nitrogens with zero attached hydrogens (tertiary/aromatic N) is 4. The molecule has 26 heavy (non-hydrogen) atoms. The van der Waals surface area contributed by atoms with Gasteiger partial charge in [0.25, 0.3) is 0 Å². The van der Waals surface area contributed by atoms with Gasteiger partial charge in [0.2, 0.25) is 12.0 Å². The number of benzene rings is 1. The lowest BCUT2D eigenvalue weighted by atomic mass is 9.92. The maximum Gasteiger partial charge on any atom is 0.410 e. The molecule has 1 amide bonds. The van der Waals surface area contributed by atoms with Crippen LogP contribution >= 0.6 is 11.8 Å². The summed E-state index contributed by atoms with van der Waals surface area (Å²) in [6, 6.07) is 9.71. The lowest BCUT2D eigenvalue weighted by molar-refractivity contribution is -0.592. The highest BCUT2D eigenvalue weighted by atomic mass is 35.5. The first kappa shape index (κ1) is 17.0. The Hall–Kier alpha value is -2.44. The van der Waals surface area contributed by atoms with Crippen molar-refractivity contribution in [2.24, 2.45) is 15.9 Å². The van der Waals surface area contributed by atoms with Crippen LogP contribution in [0.2, 0.25) is 0 Å². The highest BCUT2D eigenvalue weighted by Crippen LogP contribution is 2.37. The molecule has 1 fully saturated rings. The van der Waals surface area contributed by atoms with E-state index in [1.54, 1.807) is 29.9 Å². The number of aliphatic imine (C=N–C) groups is 2. The van der Waals surface area contributed by atoms with Crippen molar-refractivity contribution in [3.05, 3.63) is 59.7 Å². The molecule has 1 saturated heterocycles. The van der Waals surface area contributed by atoms with Crippen molar-refractivity contribution in [1.82, 2.24) is 4.90 Å². The zero-order valence-electron chi connectivity index (χ0n) is 14.3. The fraction of sp³-hybridized carbons (Fsp3) is 0.316. The number of fused-ring (bicyclic) bond motifs is 1. The maximum absolute atomic E-state index is 12.3. The van der Waals surface area contributed by atoms with Crippen LogP contribution in [0.5, 0.6) is 0 Å². The van der Waals surface area contributed by atoms with E-state index in [4.69, 9.17) is 16.5 Å². The van der Waals surface area contributed by atoms with Gasteiger partial charge in [0, 0.05) is 19.0 Å². The fourth-order valence-electron chi connectivity index (χ4n) is 3.43. The summed E-state index contributed by atoms with van der Waals surface area (Å²) in [7, 11) is 0. The molecule has 0 spiro atoms. The third-order valence-corrected chi connectivity index (χ3v) is 5.29. The van der Waals surface area contributed by atoms with Crippen LogP contribution in [0, 0.1) is 5.92 Å². The Morgan fingerprint density at radius 3 is 2.81 bits per heavy atom. The van der Waals surface area contributed by atoms with Gasteiger partial charge in [-0.15, -0.1) is 4.00 Å². The number of hydrogen-bond donors (Lipinski definition) is 0. The summed E-state index contributed by atoms with van der Waals surface area (Å²) in [6.07, 6.45) is 8.38. The van der Waals surface area contributed by atoms with Gasteiger partial charge in [-0.2, -0.15) is 4.99 Å². The largest absolute Gasteiger partial charge is 0.445 e. The number of piperidine rings is 1. The van der Waals surface area contributed by atoms with Gasteiger partial charge < -0.3 is 9.64 Å². The van der Waals surface area contributed by atoms with E-state index in [0.29, 0.717) is 19.7 Å². The van der Waals surface area contributed by atoms with Crippen LogP contribution in [0.3, 0.4) is 0 Å². The quantitative estimate of drug-likeness (QED) is 0.758. The van der Waals surface area contributed by atoms with Crippen molar-refractivity contribution < 1.29 is 13.5 Å². The molecule has 0 aromatic heterocycles. The monoisotopic (exact) mass is 371 g/mol. The smallest absolute Gasteiger partial charge is 0.410 e. The van der Waals surface area contributed by atoms with Gasteiger partial charge >= 0.3 is 6.09 Å². The molecule has 0 saturated carbocycles. The zero-order chi connectivity index (χ0) is 18.0. The molecule has 1 aromatic carbocycles. The summed E-state index contributed by atoms with van der Waals surface area (Å²) in [6.45, 7) is 1.61. The molecule has 4 rings (SSSR count). The summed E-state index contributed by atoms with van der Waals surface area (Å²) >= 11 is 6.53. The van der Waals surface area contributed by atoms with Gasteiger partial charge in [0.15, 0.2) is 11.8 Å². The third-order valence-electron chi connectivity index (χ3n) is 4.91. The molecule has 3 aliphatic rings. The van der Waals surface area contributed by atoms with Gasteiger partial charge in [-0.3, -0.25) is 4.99 Å². The number of carbonyl (C=O) groups is 1. The highest BCUT2D eigenvalue weighted by molar-refractivity contribution is 6.14. The molecule has 7 heteroatoms. The minimum atomic E-state index is -0.260. The van der Waals surface area contributed by atoms with E-state index in [9.17, 15) is 4.79 Å². The van der Waals surface area contributed by atoms with Gasteiger partial charge in [-0.1, -0.05) is 30.3 Å². The molecule has 134 valence electrons. The first-order chi connectivity index (χ1) is 12.7. The minimum Gasteiger partial charge on any atom is -0.445 e. The lowest BCUT2D eigenvalue weighted by Gasteiger charge is -2.31. The molecule has 3 heterocycles. The van der Waals surface area contributed by atoms with Crippen molar-refractivity contribution in [3.8, 4) is 0 Å². The van der Waals surface area contributed by atoms with E-state index in [1.807, 2.05) is 30.3 Å². The Bertz CT molecular complexity index is 810. The molecule has 1 unspecified atom stereocenters.